The normalized spacial score (nSPS) is 12.3. The SMILES string of the molecule is CCCC(N)CC(=O)Nc1c(Br)cc(C)cc1Br. The van der Waals surface area contributed by atoms with Gasteiger partial charge in [-0.15, -0.1) is 0 Å². The van der Waals surface area contributed by atoms with Crippen molar-refractivity contribution in [2.24, 2.45) is 5.73 Å². The third-order valence-corrected chi connectivity index (χ3v) is 3.81. The zero-order chi connectivity index (χ0) is 13.7. The maximum absolute atomic E-state index is 11.9. The Labute approximate surface area is 125 Å². The molecule has 1 rings (SSSR count). The number of nitrogens with one attached hydrogen (secondary N) is 1. The van der Waals surface area contributed by atoms with Gasteiger partial charge in [0, 0.05) is 21.4 Å². The van der Waals surface area contributed by atoms with E-state index < -0.39 is 0 Å². The first-order chi connectivity index (χ1) is 8.43. The van der Waals surface area contributed by atoms with E-state index in [9.17, 15) is 4.79 Å². The van der Waals surface area contributed by atoms with Crippen LogP contribution in [0.1, 0.15) is 31.7 Å². The van der Waals surface area contributed by atoms with Crippen molar-refractivity contribution in [1.82, 2.24) is 0 Å². The van der Waals surface area contributed by atoms with E-state index in [1.54, 1.807) is 0 Å². The molecule has 1 atom stereocenters. The molecule has 0 bridgehead atoms. The Kier molecular flexibility index (Phi) is 6.32. The molecule has 0 spiro atoms. The Hall–Kier alpha value is -0.390. The van der Waals surface area contributed by atoms with E-state index in [2.05, 4.69) is 44.1 Å². The van der Waals surface area contributed by atoms with Gasteiger partial charge in [-0.3, -0.25) is 4.79 Å². The molecule has 3 nitrogen and oxygen atoms in total. The summed E-state index contributed by atoms with van der Waals surface area (Å²) in [6.45, 7) is 4.06. The summed E-state index contributed by atoms with van der Waals surface area (Å²) < 4.78 is 1.73. The number of hydrogen-bond acceptors (Lipinski definition) is 2. The van der Waals surface area contributed by atoms with Gasteiger partial charge in [0.2, 0.25) is 5.91 Å². The lowest BCUT2D eigenvalue weighted by atomic mass is 10.1. The quantitative estimate of drug-likeness (QED) is 0.815. The lowest BCUT2D eigenvalue weighted by molar-refractivity contribution is -0.116. The Bertz CT molecular complexity index is 412. The first kappa shape index (κ1) is 15.7. The van der Waals surface area contributed by atoms with Gasteiger partial charge in [0.05, 0.1) is 5.69 Å². The van der Waals surface area contributed by atoms with Crippen molar-refractivity contribution >= 4 is 43.5 Å². The van der Waals surface area contributed by atoms with Crippen molar-refractivity contribution < 1.29 is 4.79 Å². The van der Waals surface area contributed by atoms with Gasteiger partial charge in [-0.1, -0.05) is 13.3 Å². The van der Waals surface area contributed by atoms with Crippen molar-refractivity contribution in [3.63, 3.8) is 0 Å². The molecule has 0 aromatic heterocycles. The number of amides is 1. The minimum Gasteiger partial charge on any atom is -0.327 e. The third-order valence-electron chi connectivity index (χ3n) is 2.56. The van der Waals surface area contributed by atoms with Crippen LogP contribution in [-0.4, -0.2) is 11.9 Å². The highest BCUT2D eigenvalue weighted by molar-refractivity contribution is 9.11. The minimum absolute atomic E-state index is 0.0544. The third kappa shape index (κ3) is 4.71. The van der Waals surface area contributed by atoms with Crippen LogP contribution in [0, 0.1) is 6.92 Å². The van der Waals surface area contributed by atoms with Crippen molar-refractivity contribution in [1.29, 1.82) is 0 Å². The number of aryl methyl sites for hydroxylation is 1. The van der Waals surface area contributed by atoms with Crippen molar-refractivity contribution in [2.75, 3.05) is 5.32 Å². The Balaban J connectivity index is 2.70. The largest absolute Gasteiger partial charge is 0.327 e. The number of rotatable bonds is 5. The highest BCUT2D eigenvalue weighted by Gasteiger charge is 2.12. The Morgan fingerprint density at radius 3 is 2.44 bits per heavy atom. The lowest BCUT2D eigenvalue weighted by Gasteiger charge is -2.13. The summed E-state index contributed by atoms with van der Waals surface area (Å²) in [5, 5.41) is 2.88. The second kappa shape index (κ2) is 7.26. The summed E-state index contributed by atoms with van der Waals surface area (Å²) in [6, 6.07) is 3.86. The van der Waals surface area contributed by atoms with Crippen LogP contribution in [0.25, 0.3) is 0 Å². The summed E-state index contributed by atoms with van der Waals surface area (Å²) >= 11 is 6.89. The maximum atomic E-state index is 11.9. The number of benzene rings is 1. The summed E-state index contributed by atoms with van der Waals surface area (Å²) in [6.07, 6.45) is 2.20. The van der Waals surface area contributed by atoms with Crippen molar-refractivity contribution in [3.05, 3.63) is 26.6 Å². The topological polar surface area (TPSA) is 55.1 Å². The van der Waals surface area contributed by atoms with E-state index in [0.29, 0.717) is 6.42 Å². The molecular weight excluding hydrogens is 360 g/mol. The fourth-order valence-electron chi connectivity index (χ4n) is 1.72. The fourth-order valence-corrected chi connectivity index (χ4v) is 3.33. The van der Waals surface area contributed by atoms with E-state index in [-0.39, 0.29) is 11.9 Å². The van der Waals surface area contributed by atoms with E-state index >= 15 is 0 Å². The molecule has 3 N–H and O–H groups in total. The molecule has 0 aliphatic heterocycles. The predicted molar refractivity (Wildman–Crippen MR) is 82.7 cm³/mol. The van der Waals surface area contributed by atoms with Gasteiger partial charge in [0.15, 0.2) is 0 Å². The molecular formula is C13H18Br2N2O. The number of carbonyl (C=O) groups excluding carboxylic acids is 1. The summed E-state index contributed by atoms with van der Waals surface area (Å²) in [5.41, 5.74) is 7.73. The predicted octanol–water partition coefficient (Wildman–Crippen LogP) is 3.98. The van der Waals surface area contributed by atoms with Crippen LogP contribution in [0.3, 0.4) is 0 Å². The Morgan fingerprint density at radius 1 is 1.39 bits per heavy atom. The fraction of sp³-hybridized carbons (Fsp3) is 0.462. The highest BCUT2D eigenvalue weighted by atomic mass is 79.9. The number of halogens is 2. The monoisotopic (exact) mass is 376 g/mol. The van der Waals surface area contributed by atoms with Gasteiger partial charge in [-0.2, -0.15) is 0 Å². The molecule has 0 fully saturated rings. The number of anilines is 1. The minimum atomic E-state index is -0.0713. The molecule has 0 saturated carbocycles. The molecule has 0 radical (unpaired) electrons. The molecule has 0 aliphatic rings. The molecule has 5 heteroatoms. The summed E-state index contributed by atoms with van der Waals surface area (Å²) in [4.78, 5) is 11.9. The van der Waals surface area contributed by atoms with Gasteiger partial charge in [0.1, 0.15) is 0 Å². The van der Waals surface area contributed by atoms with Crippen LogP contribution in [-0.2, 0) is 4.79 Å². The van der Waals surface area contributed by atoms with E-state index in [0.717, 1.165) is 33.0 Å². The van der Waals surface area contributed by atoms with Gasteiger partial charge < -0.3 is 11.1 Å². The van der Waals surface area contributed by atoms with Crippen LogP contribution < -0.4 is 11.1 Å². The summed E-state index contributed by atoms with van der Waals surface area (Å²) in [7, 11) is 0. The molecule has 0 saturated heterocycles. The molecule has 1 unspecified atom stereocenters. The molecule has 1 aromatic rings. The van der Waals surface area contributed by atoms with Gasteiger partial charge >= 0.3 is 0 Å². The van der Waals surface area contributed by atoms with Gasteiger partial charge in [-0.25, -0.2) is 0 Å². The van der Waals surface area contributed by atoms with Crippen LogP contribution in [0.15, 0.2) is 21.1 Å². The standard InChI is InChI=1S/C13H18Br2N2O/c1-3-4-9(16)7-12(18)17-13-10(14)5-8(2)6-11(13)15/h5-6,9H,3-4,7,16H2,1-2H3,(H,17,18). The summed E-state index contributed by atoms with van der Waals surface area (Å²) in [5.74, 6) is -0.0544. The van der Waals surface area contributed by atoms with E-state index in [1.165, 1.54) is 0 Å². The van der Waals surface area contributed by atoms with Crippen LogP contribution >= 0.6 is 31.9 Å². The van der Waals surface area contributed by atoms with Gasteiger partial charge in [-0.05, 0) is 62.9 Å². The first-order valence-electron chi connectivity index (χ1n) is 5.95. The zero-order valence-electron chi connectivity index (χ0n) is 10.6. The average molecular weight is 378 g/mol. The zero-order valence-corrected chi connectivity index (χ0v) is 13.8. The highest BCUT2D eigenvalue weighted by Crippen LogP contribution is 2.32. The number of carbonyl (C=O) groups is 1. The molecule has 100 valence electrons. The molecule has 1 amide bonds. The van der Waals surface area contributed by atoms with Crippen LogP contribution in [0.2, 0.25) is 0 Å². The van der Waals surface area contributed by atoms with Crippen molar-refractivity contribution in [3.8, 4) is 0 Å². The molecule has 0 aliphatic carbocycles. The first-order valence-corrected chi connectivity index (χ1v) is 7.53. The lowest BCUT2D eigenvalue weighted by Crippen LogP contribution is -2.27. The van der Waals surface area contributed by atoms with Crippen LogP contribution in [0.4, 0.5) is 5.69 Å². The molecule has 0 heterocycles. The molecule has 18 heavy (non-hydrogen) atoms. The second-order valence-corrected chi connectivity index (χ2v) is 6.11. The van der Waals surface area contributed by atoms with Crippen molar-refractivity contribution in [2.45, 2.75) is 39.2 Å². The average Bonchev–Trinajstić information content (AvgIpc) is 2.23. The smallest absolute Gasteiger partial charge is 0.225 e. The number of nitrogens with two attached hydrogens (primary N) is 1. The van der Waals surface area contributed by atoms with Crippen LogP contribution in [0.5, 0.6) is 0 Å². The van der Waals surface area contributed by atoms with Gasteiger partial charge in [0.25, 0.3) is 0 Å². The molecule has 1 aromatic carbocycles. The maximum Gasteiger partial charge on any atom is 0.225 e. The number of hydrogen-bond donors (Lipinski definition) is 2. The van der Waals surface area contributed by atoms with E-state index in [4.69, 9.17) is 5.73 Å². The van der Waals surface area contributed by atoms with E-state index in [1.807, 2.05) is 19.1 Å². The Morgan fingerprint density at radius 2 is 1.94 bits per heavy atom. The second-order valence-electron chi connectivity index (χ2n) is 4.40.